The fourth-order valence-corrected chi connectivity index (χ4v) is 3.37. The van der Waals surface area contributed by atoms with Gasteiger partial charge in [0.1, 0.15) is 0 Å². The van der Waals surface area contributed by atoms with Crippen molar-refractivity contribution in [3.05, 3.63) is 39.4 Å². The molecule has 1 heterocycles. The lowest BCUT2D eigenvalue weighted by Gasteiger charge is -2.16. The van der Waals surface area contributed by atoms with Crippen molar-refractivity contribution >= 4 is 21.4 Å². The number of nitrogens with zero attached hydrogens (tertiary/aromatic N) is 2. The number of sulfone groups is 1. The molecular weight excluding hydrogens is 296 g/mol. The van der Waals surface area contributed by atoms with Gasteiger partial charge < -0.3 is 4.90 Å². The van der Waals surface area contributed by atoms with E-state index < -0.39 is 20.0 Å². The Morgan fingerprint density at radius 1 is 1.43 bits per heavy atom. The minimum atomic E-state index is -3.18. The van der Waals surface area contributed by atoms with Crippen LogP contribution in [0.4, 0.5) is 5.69 Å². The van der Waals surface area contributed by atoms with E-state index >= 15 is 0 Å². The van der Waals surface area contributed by atoms with Gasteiger partial charge in [-0.1, -0.05) is 6.07 Å². The van der Waals surface area contributed by atoms with Crippen LogP contribution in [0.3, 0.4) is 0 Å². The molecule has 1 unspecified atom stereocenters. The van der Waals surface area contributed by atoms with E-state index in [1.165, 1.54) is 23.1 Å². The Labute approximate surface area is 122 Å². The number of amides is 1. The quantitative estimate of drug-likeness (QED) is 0.616. The topological polar surface area (TPSA) is 97.6 Å². The van der Waals surface area contributed by atoms with E-state index in [0.717, 1.165) is 6.26 Å². The third kappa shape index (κ3) is 3.21. The average Bonchev–Trinajstić information content (AvgIpc) is 2.87. The molecule has 1 fully saturated rings. The summed E-state index contributed by atoms with van der Waals surface area (Å²) in [6.07, 6.45) is 1.56. The first-order valence-electron chi connectivity index (χ1n) is 6.43. The fraction of sp³-hybridized carbons (Fsp3) is 0.462. The van der Waals surface area contributed by atoms with Gasteiger partial charge in [-0.2, -0.15) is 0 Å². The predicted octanol–water partition coefficient (Wildman–Crippen LogP) is 1.16. The van der Waals surface area contributed by atoms with Gasteiger partial charge in [0.25, 0.3) is 11.6 Å². The first-order valence-corrected chi connectivity index (χ1v) is 8.39. The number of rotatable bonds is 3. The van der Waals surface area contributed by atoms with Gasteiger partial charge in [0, 0.05) is 36.5 Å². The highest BCUT2D eigenvalue weighted by molar-refractivity contribution is 7.91. The van der Waals surface area contributed by atoms with Crippen molar-refractivity contribution in [2.24, 2.45) is 0 Å². The number of nitro groups is 1. The standard InChI is InChI=1S/C13H16N2O5S/c1-9-3-4-10(7-12(9)15(17)18)13(16)14-6-5-11(8-14)21(2,19)20/h3-4,7,11H,5-6,8H2,1-2H3. The van der Waals surface area contributed by atoms with Crippen LogP contribution in [0, 0.1) is 17.0 Å². The molecule has 1 aromatic carbocycles. The minimum absolute atomic E-state index is 0.111. The molecule has 0 spiro atoms. The second-order valence-corrected chi connectivity index (χ2v) is 7.58. The molecule has 1 atom stereocenters. The molecule has 1 saturated heterocycles. The predicted molar refractivity (Wildman–Crippen MR) is 77.0 cm³/mol. The van der Waals surface area contributed by atoms with Gasteiger partial charge in [0.15, 0.2) is 9.84 Å². The van der Waals surface area contributed by atoms with Crippen LogP contribution < -0.4 is 0 Å². The maximum Gasteiger partial charge on any atom is 0.273 e. The Balaban J connectivity index is 2.22. The fourth-order valence-electron chi connectivity index (χ4n) is 2.38. The zero-order valence-electron chi connectivity index (χ0n) is 11.8. The normalized spacial score (nSPS) is 18.8. The SMILES string of the molecule is Cc1ccc(C(=O)N2CCC(S(C)(=O)=O)C2)cc1[N+](=O)[O-]. The molecule has 0 aromatic heterocycles. The molecule has 1 aliphatic heterocycles. The van der Waals surface area contributed by atoms with Gasteiger partial charge in [0.2, 0.25) is 0 Å². The number of likely N-dealkylation sites (tertiary alicyclic amines) is 1. The molecule has 1 aliphatic rings. The molecule has 114 valence electrons. The van der Waals surface area contributed by atoms with E-state index in [2.05, 4.69) is 0 Å². The van der Waals surface area contributed by atoms with Crippen LogP contribution in [0.15, 0.2) is 18.2 Å². The van der Waals surface area contributed by atoms with Gasteiger partial charge in [-0.25, -0.2) is 8.42 Å². The van der Waals surface area contributed by atoms with Gasteiger partial charge in [-0.3, -0.25) is 14.9 Å². The lowest BCUT2D eigenvalue weighted by molar-refractivity contribution is -0.385. The molecular formula is C13H16N2O5S. The van der Waals surface area contributed by atoms with Crippen molar-refractivity contribution < 1.29 is 18.1 Å². The molecule has 7 nitrogen and oxygen atoms in total. The molecule has 1 amide bonds. The monoisotopic (exact) mass is 312 g/mol. The smallest absolute Gasteiger partial charge is 0.273 e. The Kier molecular flexibility index (Phi) is 3.99. The van der Waals surface area contributed by atoms with E-state index in [-0.39, 0.29) is 23.7 Å². The van der Waals surface area contributed by atoms with Crippen molar-refractivity contribution in [2.75, 3.05) is 19.3 Å². The minimum Gasteiger partial charge on any atom is -0.337 e. The highest BCUT2D eigenvalue weighted by Crippen LogP contribution is 2.23. The highest BCUT2D eigenvalue weighted by Gasteiger charge is 2.33. The Morgan fingerprint density at radius 2 is 2.10 bits per heavy atom. The summed E-state index contributed by atoms with van der Waals surface area (Å²) in [5.74, 6) is -0.371. The summed E-state index contributed by atoms with van der Waals surface area (Å²) in [6.45, 7) is 2.08. The van der Waals surface area contributed by atoms with E-state index in [1.807, 2.05) is 0 Å². The van der Waals surface area contributed by atoms with Crippen LogP contribution in [0.25, 0.3) is 0 Å². The highest BCUT2D eigenvalue weighted by atomic mass is 32.2. The average molecular weight is 312 g/mol. The lowest BCUT2D eigenvalue weighted by atomic mass is 10.1. The maximum absolute atomic E-state index is 12.3. The molecule has 1 aromatic rings. The molecule has 2 rings (SSSR count). The van der Waals surface area contributed by atoms with Crippen LogP contribution in [-0.4, -0.2) is 48.7 Å². The Morgan fingerprint density at radius 3 is 2.62 bits per heavy atom. The maximum atomic E-state index is 12.3. The number of hydrogen-bond acceptors (Lipinski definition) is 5. The largest absolute Gasteiger partial charge is 0.337 e. The van der Waals surface area contributed by atoms with Crippen LogP contribution in [0.5, 0.6) is 0 Å². The van der Waals surface area contributed by atoms with Crippen LogP contribution >= 0.6 is 0 Å². The molecule has 0 bridgehead atoms. The lowest BCUT2D eigenvalue weighted by Crippen LogP contribution is -2.31. The molecule has 0 saturated carbocycles. The molecule has 0 N–H and O–H groups in total. The van der Waals surface area contributed by atoms with E-state index in [0.29, 0.717) is 18.5 Å². The first kappa shape index (κ1) is 15.4. The Hall–Kier alpha value is -1.96. The van der Waals surface area contributed by atoms with Crippen molar-refractivity contribution in [3.63, 3.8) is 0 Å². The third-order valence-electron chi connectivity index (χ3n) is 3.69. The summed E-state index contributed by atoms with van der Waals surface area (Å²) >= 11 is 0. The summed E-state index contributed by atoms with van der Waals surface area (Å²) in [5, 5.41) is 10.3. The third-order valence-corrected chi connectivity index (χ3v) is 5.29. The number of hydrogen-bond donors (Lipinski definition) is 0. The number of carbonyl (C=O) groups excluding carboxylic acids is 1. The van der Waals surface area contributed by atoms with Gasteiger partial charge in [0.05, 0.1) is 10.2 Å². The van der Waals surface area contributed by atoms with Crippen molar-refractivity contribution in [3.8, 4) is 0 Å². The molecule has 0 radical (unpaired) electrons. The summed E-state index contributed by atoms with van der Waals surface area (Å²) < 4.78 is 23.0. The zero-order chi connectivity index (χ0) is 15.8. The summed E-state index contributed by atoms with van der Waals surface area (Å²) in [4.78, 5) is 24.1. The number of carbonyl (C=O) groups is 1. The second kappa shape index (κ2) is 5.44. The summed E-state index contributed by atoms with van der Waals surface area (Å²) in [6, 6.07) is 4.29. The van der Waals surface area contributed by atoms with Crippen LogP contribution in [-0.2, 0) is 9.84 Å². The van der Waals surface area contributed by atoms with Gasteiger partial charge >= 0.3 is 0 Å². The summed E-state index contributed by atoms with van der Waals surface area (Å²) in [5.41, 5.74) is 0.577. The van der Waals surface area contributed by atoms with Crippen molar-refractivity contribution in [1.29, 1.82) is 0 Å². The summed E-state index contributed by atoms with van der Waals surface area (Å²) in [7, 11) is -3.18. The number of nitro benzene ring substituents is 1. The van der Waals surface area contributed by atoms with Crippen LogP contribution in [0.1, 0.15) is 22.3 Å². The van der Waals surface area contributed by atoms with Crippen molar-refractivity contribution in [2.45, 2.75) is 18.6 Å². The Bertz CT molecular complexity index is 699. The second-order valence-electron chi connectivity index (χ2n) is 5.25. The van der Waals surface area contributed by atoms with Crippen LogP contribution in [0.2, 0.25) is 0 Å². The first-order chi connectivity index (χ1) is 9.70. The molecule has 21 heavy (non-hydrogen) atoms. The van der Waals surface area contributed by atoms with E-state index in [1.54, 1.807) is 6.92 Å². The van der Waals surface area contributed by atoms with Gasteiger partial charge in [-0.15, -0.1) is 0 Å². The molecule has 0 aliphatic carbocycles. The van der Waals surface area contributed by atoms with E-state index in [9.17, 15) is 23.3 Å². The van der Waals surface area contributed by atoms with Gasteiger partial charge in [-0.05, 0) is 19.4 Å². The number of aryl methyl sites for hydroxylation is 1. The van der Waals surface area contributed by atoms with Crippen molar-refractivity contribution in [1.82, 2.24) is 4.90 Å². The zero-order valence-corrected chi connectivity index (χ0v) is 12.6. The van der Waals surface area contributed by atoms with E-state index in [4.69, 9.17) is 0 Å². The number of benzene rings is 1. The molecule has 8 heteroatoms.